The van der Waals surface area contributed by atoms with Crippen LogP contribution in [0.5, 0.6) is 11.5 Å². The zero-order valence-electron chi connectivity index (χ0n) is 54.5. The van der Waals surface area contributed by atoms with Crippen molar-refractivity contribution in [1.29, 1.82) is 0 Å². The molecule has 550 valence electrons. The molecule has 100 heavy (non-hydrogen) atoms. The summed E-state index contributed by atoms with van der Waals surface area (Å²) in [4.78, 5) is 36.0. The first kappa shape index (κ1) is 78.2. The van der Waals surface area contributed by atoms with Crippen molar-refractivity contribution < 1.29 is 126 Å². The molecule has 7 N–H and O–H groups in total. The highest BCUT2D eigenvalue weighted by atomic mass is 32.2. The molecule has 0 radical (unpaired) electrons. The number of hydrogen-bond acceptors (Lipinski definition) is 31. The van der Waals surface area contributed by atoms with Crippen molar-refractivity contribution in [3.05, 3.63) is 90.0 Å². The van der Waals surface area contributed by atoms with Crippen LogP contribution in [0, 0.1) is 0 Å². The van der Waals surface area contributed by atoms with Gasteiger partial charge in [0.25, 0.3) is 5.91 Å². The van der Waals surface area contributed by atoms with Gasteiger partial charge < -0.3 is 102 Å². The van der Waals surface area contributed by atoms with Crippen molar-refractivity contribution in [1.82, 2.24) is 45.9 Å². The molecule has 3 amide bonds. The zero-order valence-corrected chi connectivity index (χ0v) is 57.0. The SMILES string of the molecule is CC(C)(C)OC(=O)N[C@@H](Cc1cn(CCOCCOCCOCCOc2ccc(CCO[C@@H]3O[C@H](CO)[C@@H](O)[C@H](O)[C@H]3O)cc2)nn1)C(=O)NCCOCCOCCOCCn1cc(CNC(=O)COc2cc(S(=O)(=O)[O-])c3ccc4c(S(=O)(=O)[O-])cc(S(=O)(=O)[O-])c5ccc2c3c54)nn1. The van der Waals surface area contributed by atoms with Crippen molar-refractivity contribution in [2.24, 2.45) is 0 Å². The van der Waals surface area contributed by atoms with Crippen molar-refractivity contribution in [3.8, 4) is 11.5 Å². The van der Waals surface area contributed by atoms with Gasteiger partial charge in [-0.05, 0) is 63.1 Å². The minimum atomic E-state index is -5.42. The number of alkyl carbamates (subject to hydrolysis) is 1. The molecule has 0 bridgehead atoms. The Labute approximate surface area is 573 Å². The van der Waals surface area contributed by atoms with Gasteiger partial charge in [0.1, 0.15) is 90.2 Å². The summed E-state index contributed by atoms with van der Waals surface area (Å²) in [5.74, 6) is -0.964. The van der Waals surface area contributed by atoms with Crippen LogP contribution in [0.25, 0.3) is 32.3 Å². The summed E-state index contributed by atoms with van der Waals surface area (Å²) < 4.78 is 175. The number of carbonyl (C=O) groups is 3. The van der Waals surface area contributed by atoms with E-state index in [4.69, 9.17) is 52.1 Å². The van der Waals surface area contributed by atoms with Crippen LogP contribution in [0.3, 0.4) is 0 Å². The number of nitrogens with one attached hydrogen (secondary N) is 3. The summed E-state index contributed by atoms with van der Waals surface area (Å²) in [7, 11) is -16.2. The van der Waals surface area contributed by atoms with Crippen molar-refractivity contribution in [3.63, 3.8) is 0 Å². The molecule has 0 aliphatic carbocycles. The smallest absolute Gasteiger partial charge is 0.408 e. The molecule has 0 saturated carbocycles. The van der Waals surface area contributed by atoms with E-state index in [9.17, 15) is 73.7 Å². The van der Waals surface area contributed by atoms with Crippen LogP contribution in [-0.2, 0) is 115 Å². The Morgan fingerprint density at radius 3 is 1.65 bits per heavy atom. The number of carbonyl (C=O) groups excluding carboxylic acids is 3. The Bertz CT molecular complexity index is 4120. The highest BCUT2D eigenvalue weighted by molar-refractivity contribution is 7.87. The first-order chi connectivity index (χ1) is 47.6. The van der Waals surface area contributed by atoms with Gasteiger partial charge >= 0.3 is 6.09 Å². The highest BCUT2D eigenvalue weighted by Crippen LogP contribution is 2.45. The molecule has 0 spiro atoms. The molecule has 3 heterocycles. The van der Waals surface area contributed by atoms with Crippen LogP contribution in [0.15, 0.2) is 87.7 Å². The molecular weight excluding hydrogens is 1390 g/mol. The largest absolute Gasteiger partial charge is 0.744 e. The molecule has 6 atom stereocenters. The number of aromatic nitrogens is 6. The highest BCUT2D eigenvalue weighted by Gasteiger charge is 2.44. The average Bonchev–Trinajstić information content (AvgIpc) is 0.872. The predicted octanol–water partition coefficient (Wildman–Crippen LogP) is -1.04. The van der Waals surface area contributed by atoms with Gasteiger partial charge in [-0.3, -0.25) is 9.59 Å². The Morgan fingerprint density at radius 1 is 0.600 bits per heavy atom. The van der Waals surface area contributed by atoms with Crippen molar-refractivity contribution >= 4 is 80.6 Å². The van der Waals surface area contributed by atoms with Crippen LogP contribution in [0.1, 0.15) is 37.7 Å². The van der Waals surface area contributed by atoms with E-state index in [-0.39, 0.29) is 110 Å². The summed E-state index contributed by atoms with van der Waals surface area (Å²) in [6.45, 7) is 8.03. The zero-order chi connectivity index (χ0) is 72.2. The molecule has 1 fully saturated rings. The van der Waals surface area contributed by atoms with Crippen LogP contribution in [0.4, 0.5) is 4.79 Å². The second-order valence-corrected chi connectivity index (χ2v) is 27.4. The maximum Gasteiger partial charge on any atom is 0.408 e. The number of nitrogens with zero attached hydrogens (tertiary/aromatic N) is 6. The minimum absolute atomic E-state index is 0.00117. The van der Waals surface area contributed by atoms with E-state index in [1.807, 2.05) is 12.1 Å². The van der Waals surface area contributed by atoms with Gasteiger partial charge in [-0.15, -0.1) is 10.2 Å². The maximum atomic E-state index is 13.3. The molecule has 8 rings (SSSR count). The standard InChI is InChI=1S/C61H81N9O27S3/c1-61(2,3)97-60(77)64-46(30-39-34-69(67-65-39)14-18-88-22-25-91-26-27-92-28-29-93-41-6-4-38(5-7-41)12-16-94-59-57(75)56(74)55(73)48(36-71)96-59)58(76)62-13-17-87-20-23-90-24-21-89-19-15-70-35-40(66-68-70)33-63-52(72)37-95-47-31-49(98(78,79)80)43-10-11-45-51(100(84,85)86)32-50(99(81,82)83)44-9-8-42(47)53(43)54(44)45/h4-11,31-32,34-35,46,48,55-57,59,71,73-75H,12-30,33,36-37H2,1-3H3,(H,62,76)(H,63,72)(H,64,77)(H,78,79,80)(H,81,82,83)(H,84,85,86)/p-3/t46-,48+,55+,56-,57+,59+/m0/s1. The first-order valence-electron chi connectivity index (χ1n) is 31.3. The predicted molar refractivity (Wildman–Crippen MR) is 342 cm³/mol. The quantitative estimate of drug-likeness (QED) is 0.0137. The lowest BCUT2D eigenvalue weighted by atomic mass is 9.93. The minimum Gasteiger partial charge on any atom is -0.744 e. The normalized spacial score (nSPS) is 17.2. The van der Waals surface area contributed by atoms with E-state index in [1.54, 1.807) is 50.0 Å². The Kier molecular flexibility index (Phi) is 28.4. The van der Waals surface area contributed by atoms with Gasteiger partial charge in [-0.2, -0.15) is 0 Å². The summed E-state index contributed by atoms with van der Waals surface area (Å²) in [5, 5.41) is 62.0. The maximum absolute atomic E-state index is 13.3. The second-order valence-electron chi connectivity index (χ2n) is 23.4. The van der Waals surface area contributed by atoms with Crippen molar-refractivity contribution in [2.45, 2.75) is 110 Å². The lowest BCUT2D eigenvalue weighted by Gasteiger charge is -2.39. The third kappa shape index (κ3) is 23.0. The average molecular weight is 1470 g/mol. The van der Waals surface area contributed by atoms with Crippen LogP contribution >= 0.6 is 0 Å². The number of aliphatic hydroxyl groups is 4. The molecule has 7 aromatic rings. The molecular formula is C61H78N9O27S3-3. The number of benzene rings is 5. The Morgan fingerprint density at radius 2 is 1.10 bits per heavy atom. The fourth-order valence-corrected chi connectivity index (χ4v) is 12.3. The third-order valence-electron chi connectivity index (χ3n) is 14.9. The van der Waals surface area contributed by atoms with Gasteiger partial charge in [0.2, 0.25) is 5.91 Å². The van der Waals surface area contributed by atoms with Gasteiger partial charge in [-0.1, -0.05) is 40.8 Å². The number of hydrogen-bond donors (Lipinski definition) is 7. The number of amides is 3. The molecule has 2 aromatic heterocycles. The first-order valence-corrected chi connectivity index (χ1v) is 35.5. The molecule has 0 unspecified atom stereocenters. The fourth-order valence-electron chi connectivity index (χ4n) is 10.2. The second kappa shape index (κ2) is 36.4. The molecule has 39 heteroatoms. The van der Waals surface area contributed by atoms with Gasteiger partial charge in [0.15, 0.2) is 12.9 Å². The topological polar surface area (TPSA) is 503 Å². The van der Waals surface area contributed by atoms with Gasteiger partial charge in [-0.25, -0.2) is 39.4 Å². The van der Waals surface area contributed by atoms with E-state index in [0.29, 0.717) is 82.4 Å². The summed E-state index contributed by atoms with van der Waals surface area (Å²) in [6.07, 6.45) is -3.80. The molecule has 1 saturated heterocycles. The Hall–Kier alpha value is -7.52. The summed E-state index contributed by atoms with van der Waals surface area (Å²) in [5.41, 5.74) is 0.853. The number of ether oxygens (including phenoxy) is 11. The van der Waals surface area contributed by atoms with E-state index in [0.717, 1.165) is 29.8 Å². The molecule has 5 aromatic carbocycles. The summed E-state index contributed by atoms with van der Waals surface area (Å²) in [6, 6.07) is 11.9. The van der Waals surface area contributed by atoms with Gasteiger partial charge in [0.05, 0.1) is 139 Å². The number of aliphatic hydroxyl groups excluding tert-OH is 4. The fraction of sp³-hybridized carbons (Fsp3) is 0.525. The molecule has 1 aliphatic rings. The number of rotatable bonds is 42. The third-order valence-corrected chi connectivity index (χ3v) is 17.5. The van der Waals surface area contributed by atoms with E-state index < -0.39 is 119 Å². The molecule has 1 aliphatic heterocycles. The Balaban J connectivity index is 0.646. The van der Waals surface area contributed by atoms with E-state index >= 15 is 0 Å². The van der Waals surface area contributed by atoms with E-state index in [1.165, 1.54) is 10.7 Å². The van der Waals surface area contributed by atoms with Crippen LogP contribution in [-0.4, -0.2) is 262 Å². The monoisotopic (exact) mass is 1460 g/mol. The van der Waals surface area contributed by atoms with Crippen LogP contribution < -0.4 is 25.4 Å². The summed E-state index contributed by atoms with van der Waals surface area (Å²) >= 11 is 0. The lowest BCUT2D eigenvalue weighted by molar-refractivity contribution is -0.300. The van der Waals surface area contributed by atoms with Crippen molar-refractivity contribution in [2.75, 3.05) is 112 Å². The van der Waals surface area contributed by atoms with Gasteiger partial charge in [0, 0.05) is 51.5 Å². The molecule has 36 nitrogen and oxygen atoms in total. The lowest BCUT2D eigenvalue weighted by Crippen LogP contribution is -2.59. The van der Waals surface area contributed by atoms with Crippen LogP contribution in [0.2, 0.25) is 0 Å². The van der Waals surface area contributed by atoms with E-state index in [2.05, 4.69) is 36.6 Å².